The number of carbonyl (C=O) groups excluding carboxylic acids is 4. The summed E-state index contributed by atoms with van der Waals surface area (Å²) < 4.78 is 5.16. The Morgan fingerprint density at radius 3 is 1.49 bits per heavy atom. The van der Waals surface area contributed by atoms with Gasteiger partial charge in [0.2, 0.25) is 5.91 Å². The molecule has 0 bridgehead atoms. The van der Waals surface area contributed by atoms with Crippen molar-refractivity contribution in [1.29, 1.82) is 0 Å². The summed E-state index contributed by atoms with van der Waals surface area (Å²) in [4.78, 5) is 69.1. The second-order valence-corrected chi connectivity index (χ2v) is 27.0. The maximum absolute atomic E-state index is 12.0. The topological polar surface area (TPSA) is 154 Å². The van der Waals surface area contributed by atoms with Crippen molar-refractivity contribution >= 4 is 35.1 Å². The van der Waals surface area contributed by atoms with Crippen molar-refractivity contribution in [2.24, 2.45) is 29.1 Å². The van der Waals surface area contributed by atoms with Gasteiger partial charge in [-0.1, -0.05) is 56.3 Å². The predicted molar refractivity (Wildman–Crippen MR) is 339 cm³/mol. The highest BCUT2D eigenvalue weighted by atomic mass is 16.5. The number of hydrogen-bond acceptors (Lipinski definition) is 12. The molecule has 2 N–H and O–H groups in total. The number of piperidine rings is 4. The Labute approximate surface area is 503 Å². The molecule has 83 heavy (non-hydrogen) atoms. The number of anilines is 1. The van der Waals surface area contributed by atoms with Gasteiger partial charge in [0.15, 0.2) is 0 Å². The van der Waals surface area contributed by atoms with Gasteiger partial charge in [0.05, 0.1) is 12.7 Å². The molecule has 1 spiro atoms. The number of aliphatic carboxylic acids is 1. The average molecular weight is 1160 g/mol. The SMILES string of the molecule is CC(=O)C1CCN(C(C)C)CC1.CC(=O)CC1CCN(C(C)C)CC1.CC(=O)N1CCC(C(C)C)CC1.CC(C)N1CCC2(CC1)Cc1ccccc1C2.CC(C)N1C[C@H](O)C[C@H]1C(=O)O.CCOC(=O)[C@@H]1Cc2ccccc2N1C(C)C. The number of fused-ring (bicyclic) bond motifs is 2. The predicted octanol–water partition coefficient (Wildman–Crippen LogP) is 11.3. The van der Waals surface area contributed by atoms with E-state index in [0.717, 1.165) is 69.7 Å². The zero-order chi connectivity index (χ0) is 61.7. The molecule has 7 aliphatic rings. The molecule has 14 heteroatoms. The van der Waals surface area contributed by atoms with E-state index < -0.39 is 18.1 Å². The third-order valence-corrected chi connectivity index (χ3v) is 19.0. The molecule has 3 atom stereocenters. The highest BCUT2D eigenvalue weighted by Gasteiger charge is 2.41. The molecule has 2 aromatic carbocycles. The Morgan fingerprint density at radius 1 is 0.602 bits per heavy atom. The minimum absolute atomic E-state index is 0.114. The smallest absolute Gasteiger partial charge is 0.329 e. The van der Waals surface area contributed by atoms with Crippen LogP contribution in [0, 0.1) is 29.1 Å². The third kappa shape index (κ3) is 22.5. The maximum atomic E-state index is 12.0. The van der Waals surface area contributed by atoms with E-state index in [1.165, 1.54) is 88.8 Å². The van der Waals surface area contributed by atoms with Crippen LogP contribution in [-0.2, 0) is 48.0 Å². The van der Waals surface area contributed by atoms with E-state index in [0.29, 0.717) is 66.5 Å². The van der Waals surface area contributed by atoms with Crippen LogP contribution in [0.4, 0.5) is 5.69 Å². The van der Waals surface area contributed by atoms with Crippen LogP contribution in [0.2, 0.25) is 0 Å². The van der Waals surface area contributed by atoms with E-state index in [-0.39, 0.29) is 24.0 Å². The zero-order valence-corrected chi connectivity index (χ0v) is 54.8. The van der Waals surface area contributed by atoms with Crippen molar-refractivity contribution in [2.45, 2.75) is 243 Å². The number of rotatable bonds is 12. The number of carbonyl (C=O) groups is 5. The average Bonchev–Trinajstić information content (AvgIpc) is 4.35. The van der Waals surface area contributed by atoms with E-state index in [4.69, 9.17) is 9.84 Å². The van der Waals surface area contributed by atoms with Gasteiger partial charge in [-0.05, 0) is 239 Å². The van der Waals surface area contributed by atoms with Gasteiger partial charge in [0, 0.05) is 87.6 Å². The fourth-order valence-corrected chi connectivity index (χ4v) is 13.6. The monoisotopic (exact) mass is 1160 g/mol. The summed E-state index contributed by atoms with van der Waals surface area (Å²) in [7, 11) is 0. The summed E-state index contributed by atoms with van der Waals surface area (Å²) in [5.41, 5.74) is 6.24. The number of carboxylic acid groups (broad SMARTS) is 1. The minimum Gasteiger partial charge on any atom is -0.480 e. The number of carboxylic acids is 1. The summed E-state index contributed by atoms with van der Waals surface area (Å²) in [5, 5.41) is 18.1. The second-order valence-electron chi connectivity index (χ2n) is 27.0. The first-order valence-corrected chi connectivity index (χ1v) is 32.4. The number of benzene rings is 2. The molecule has 9 rings (SSSR count). The number of ether oxygens (including phenoxy) is 1. The number of aliphatic hydroxyl groups excluding tert-OH is 1. The van der Waals surface area contributed by atoms with Crippen LogP contribution in [-0.4, -0.2) is 178 Å². The van der Waals surface area contributed by atoms with Crippen molar-refractivity contribution in [3.63, 3.8) is 0 Å². The zero-order valence-electron chi connectivity index (χ0n) is 54.8. The number of hydrogen-bond donors (Lipinski definition) is 2. The Hall–Kier alpha value is -4.21. The number of Topliss-reactive ketones (excluding diaryl/α,β-unsaturated/α-hetero) is 2. The van der Waals surface area contributed by atoms with Crippen molar-refractivity contribution in [2.75, 3.05) is 70.4 Å². The first-order valence-electron chi connectivity index (χ1n) is 32.4. The lowest BCUT2D eigenvalue weighted by Gasteiger charge is -2.41. The van der Waals surface area contributed by atoms with Gasteiger partial charge in [-0.3, -0.25) is 19.3 Å². The van der Waals surface area contributed by atoms with Crippen LogP contribution < -0.4 is 4.90 Å². The Kier molecular flexibility index (Phi) is 29.9. The van der Waals surface area contributed by atoms with Crippen molar-refractivity contribution in [3.05, 3.63) is 65.2 Å². The number of aliphatic hydroxyl groups is 1. The Balaban J connectivity index is 0.000000216. The number of nitrogens with zero attached hydrogens (tertiary/aromatic N) is 6. The number of likely N-dealkylation sites (tertiary alicyclic amines) is 5. The standard InChI is InChI=1S/C16H23N.C14H19NO2.C11H21NO.2C10H19NO.C8H15NO3/c1-13(2)17-9-7-16(8-10-17)11-14-5-3-4-6-15(14)12-16;1-4-17-14(16)13-9-11-7-5-6-8-12(11)15(13)10(2)3;1-9(2)12-6-4-11(5-7-12)8-10(3)13;1-8(2)11-6-4-10(5-7-11)9(3)12;1-8(2)10-4-6-11(7-5-10)9(3)12;1-5(2)9-4-6(10)3-7(9)8(11)12/h3-6,13H,7-12H2,1-2H3;5-8,10,13H,4,9H2,1-3H3;9,11H,4-8H2,1-3H3;2*8,10H,4-7H2,1-3H3;5-7,10H,3-4H2,1-2H3,(H,11,12)/t;13-;;;;6-,7+/m.0...1/s1. The van der Waals surface area contributed by atoms with E-state index in [1.54, 1.807) is 31.9 Å². The van der Waals surface area contributed by atoms with Crippen LogP contribution in [0.5, 0.6) is 0 Å². The first-order chi connectivity index (χ1) is 39.2. The quantitative estimate of drug-likeness (QED) is 0.194. The normalized spacial score (nSPS) is 22.4. The number of ketones is 2. The van der Waals surface area contributed by atoms with Gasteiger partial charge in [0.25, 0.3) is 0 Å². The molecule has 6 heterocycles. The molecular weight excluding hydrogens is 1040 g/mol. The van der Waals surface area contributed by atoms with Crippen LogP contribution in [0.1, 0.15) is 192 Å². The van der Waals surface area contributed by atoms with Crippen molar-refractivity contribution in [1.82, 2.24) is 24.5 Å². The minimum atomic E-state index is -0.833. The summed E-state index contributed by atoms with van der Waals surface area (Å²) in [5.74, 6) is 2.63. The summed E-state index contributed by atoms with van der Waals surface area (Å²) in [6.07, 6.45) is 13.8. The number of para-hydroxylation sites is 1. The summed E-state index contributed by atoms with van der Waals surface area (Å²) in [6.45, 7) is 43.1. The van der Waals surface area contributed by atoms with Crippen molar-refractivity contribution in [3.8, 4) is 0 Å². The second kappa shape index (κ2) is 34.8. The lowest BCUT2D eigenvalue weighted by molar-refractivity contribution is -0.145. The van der Waals surface area contributed by atoms with Gasteiger partial charge in [0.1, 0.15) is 23.7 Å². The van der Waals surface area contributed by atoms with E-state index in [2.05, 4.69) is 125 Å². The first kappa shape index (κ1) is 71.3. The van der Waals surface area contributed by atoms with Gasteiger partial charge >= 0.3 is 11.9 Å². The Bertz CT molecular complexity index is 2200. The van der Waals surface area contributed by atoms with Crippen LogP contribution in [0.3, 0.4) is 0 Å². The molecule has 1 amide bonds. The van der Waals surface area contributed by atoms with Gasteiger partial charge in [-0.2, -0.15) is 0 Å². The molecule has 2 aromatic rings. The van der Waals surface area contributed by atoms with E-state index in [9.17, 15) is 29.1 Å². The molecule has 0 saturated carbocycles. The maximum Gasteiger partial charge on any atom is 0.329 e. The number of amides is 1. The van der Waals surface area contributed by atoms with Crippen molar-refractivity contribution < 1.29 is 38.9 Å². The lowest BCUT2D eigenvalue weighted by atomic mass is 9.76. The fraction of sp³-hybridized carbons (Fsp3) is 0.754. The molecule has 14 nitrogen and oxygen atoms in total. The molecule has 0 unspecified atom stereocenters. The Morgan fingerprint density at radius 2 is 1.08 bits per heavy atom. The number of esters is 1. The van der Waals surface area contributed by atoms with Crippen LogP contribution >= 0.6 is 0 Å². The molecule has 0 aromatic heterocycles. The van der Waals surface area contributed by atoms with Gasteiger partial charge < -0.3 is 44.2 Å². The van der Waals surface area contributed by atoms with Gasteiger partial charge in [-0.15, -0.1) is 0 Å². The molecule has 470 valence electrons. The molecule has 6 aliphatic heterocycles. The largest absolute Gasteiger partial charge is 0.480 e. The highest BCUT2D eigenvalue weighted by Crippen LogP contribution is 2.45. The number of β-amino-alcohol motifs (C(OH)–C–C–N with tert-alkyl or cyclic N) is 1. The summed E-state index contributed by atoms with van der Waals surface area (Å²) in [6, 6.07) is 19.1. The van der Waals surface area contributed by atoms with E-state index >= 15 is 0 Å². The van der Waals surface area contributed by atoms with Crippen LogP contribution in [0.25, 0.3) is 0 Å². The molecule has 1 aliphatic carbocycles. The summed E-state index contributed by atoms with van der Waals surface area (Å²) >= 11 is 0. The lowest BCUT2D eigenvalue weighted by Crippen LogP contribution is -2.43. The molecule has 5 fully saturated rings. The molecular formula is C69H116N6O8. The third-order valence-electron chi connectivity index (χ3n) is 19.0. The van der Waals surface area contributed by atoms with Gasteiger partial charge in [-0.25, -0.2) is 4.79 Å². The highest BCUT2D eigenvalue weighted by molar-refractivity contribution is 5.84. The fourth-order valence-electron chi connectivity index (χ4n) is 13.6. The molecule has 5 saturated heterocycles. The molecule has 0 radical (unpaired) electrons. The van der Waals surface area contributed by atoms with E-state index in [1.807, 2.05) is 42.7 Å². The van der Waals surface area contributed by atoms with Crippen LogP contribution in [0.15, 0.2) is 48.5 Å².